The van der Waals surface area contributed by atoms with Gasteiger partial charge in [-0.05, 0) is 20.5 Å². The minimum atomic E-state index is 1.18. The van der Waals surface area contributed by atoms with Gasteiger partial charge in [0.2, 0.25) is 0 Å². The lowest BCUT2D eigenvalue weighted by Crippen LogP contribution is -2.11. The molecular weight excluding hydrogens is 114 g/mol. The standard InChI is InChI=1S/C6H15NSi/c1-7(2)5-3-4-6-8/h4,6H,3,5H2,1-2,8H3. The van der Waals surface area contributed by atoms with E-state index in [1.807, 2.05) is 0 Å². The van der Waals surface area contributed by atoms with Gasteiger partial charge in [0.1, 0.15) is 0 Å². The zero-order valence-corrected chi connectivity index (χ0v) is 8.02. The number of hydrogen-bond donors (Lipinski definition) is 0. The highest BCUT2D eigenvalue weighted by Gasteiger charge is 1.82. The summed E-state index contributed by atoms with van der Waals surface area (Å²) in [6.07, 6.45) is 3.45. The van der Waals surface area contributed by atoms with E-state index in [1.54, 1.807) is 0 Å². The summed E-state index contributed by atoms with van der Waals surface area (Å²) < 4.78 is 0. The first-order valence-electron chi connectivity index (χ1n) is 3.03. The van der Waals surface area contributed by atoms with Crippen LogP contribution in [0.15, 0.2) is 11.8 Å². The number of rotatable bonds is 3. The van der Waals surface area contributed by atoms with Crippen LogP contribution < -0.4 is 0 Å². The predicted molar refractivity (Wildman–Crippen MR) is 42.3 cm³/mol. The zero-order chi connectivity index (χ0) is 6.41. The third kappa shape index (κ3) is 5.92. The largest absolute Gasteiger partial charge is 0.309 e. The van der Waals surface area contributed by atoms with Gasteiger partial charge in [0.05, 0.1) is 0 Å². The minimum absolute atomic E-state index is 1.18. The van der Waals surface area contributed by atoms with Crippen molar-refractivity contribution in [1.29, 1.82) is 0 Å². The van der Waals surface area contributed by atoms with Crippen LogP contribution in [0.2, 0.25) is 0 Å². The summed E-state index contributed by atoms with van der Waals surface area (Å²) in [6, 6.07) is 0. The van der Waals surface area contributed by atoms with Gasteiger partial charge >= 0.3 is 0 Å². The molecule has 48 valence electrons. The maximum absolute atomic E-state index is 2.24. The lowest BCUT2D eigenvalue weighted by molar-refractivity contribution is 0.417. The van der Waals surface area contributed by atoms with Gasteiger partial charge in [0.15, 0.2) is 0 Å². The van der Waals surface area contributed by atoms with Crippen LogP contribution in [0.5, 0.6) is 0 Å². The molecular formula is C6H15NSi. The molecule has 0 aromatic rings. The lowest BCUT2D eigenvalue weighted by Gasteiger charge is -2.04. The summed E-state index contributed by atoms with van der Waals surface area (Å²) in [5.74, 6) is 0. The summed E-state index contributed by atoms with van der Waals surface area (Å²) in [5.41, 5.74) is 2.23. The summed E-state index contributed by atoms with van der Waals surface area (Å²) in [5, 5.41) is 0. The van der Waals surface area contributed by atoms with Gasteiger partial charge in [-0.3, -0.25) is 0 Å². The Labute approximate surface area is 54.8 Å². The Kier molecular flexibility index (Phi) is 5.01. The fourth-order valence-electron chi connectivity index (χ4n) is 0.499. The average molecular weight is 129 g/mol. The third-order valence-corrected chi connectivity index (χ3v) is 1.45. The van der Waals surface area contributed by atoms with Crippen molar-refractivity contribution in [2.75, 3.05) is 20.6 Å². The Morgan fingerprint density at radius 1 is 1.50 bits per heavy atom. The fraction of sp³-hybridized carbons (Fsp3) is 0.667. The van der Waals surface area contributed by atoms with E-state index in [-0.39, 0.29) is 0 Å². The topological polar surface area (TPSA) is 3.24 Å². The van der Waals surface area contributed by atoms with E-state index in [4.69, 9.17) is 0 Å². The highest BCUT2D eigenvalue weighted by molar-refractivity contribution is 6.16. The van der Waals surface area contributed by atoms with E-state index in [2.05, 4.69) is 30.8 Å². The zero-order valence-electron chi connectivity index (χ0n) is 6.02. The maximum Gasteiger partial charge on any atom is 0.0287 e. The van der Waals surface area contributed by atoms with Gasteiger partial charge < -0.3 is 4.90 Å². The second-order valence-electron chi connectivity index (χ2n) is 2.16. The Morgan fingerprint density at radius 3 is 2.50 bits per heavy atom. The van der Waals surface area contributed by atoms with Gasteiger partial charge in [-0.15, -0.1) is 5.70 Å². The maximum atomic E-state index is 2.24. The Hall–Kier alpha value is -0.0831. The van der Waals surface area contributed by atoms with E-state index in [0.29, 0.717) is 0 Å². The van der Waals surface area contributed by atoms with Crippen LogP contribution in [-0.4, -0.2) is 35.8 Å². The normalized spacial score (nSPS) is 11.9. The molecule has 0 radical (unpaired) electrons. The van der Waals surface area contributed by atoms with Crippen molar-refractivity contribution in [2.45, 2.75) is 6.42 Å². The van der Waals surface area contributed by atoms with E-state index in [9.17, 15) is 0 Å². The summed E-state index contributed by atoms with van der Waals surface area (Å²) >= 11 is 0. The van der Waals surface area contributed by atoms with E-state index >= 15 is 0 Å². The second-order valence-corrected chi connectivity index (χ2v) is 2.83. The van der Waals surface area contributed by atoms with Crippen LogP contribution >= 0.6 is 0 Å². The van der Waals surface area contributed by atoms with Crippen molar-refractivity contribution in [2.24, 2.45) is 0 Å². The van der Waals surface area contributed by atoms with E-state index in [1.165, 1.54) is 23.2 Å². The fourth-order valence-corrected chi connectivity index (χ4v) is 0.833. The summed E-state index contributed by atoms with van der Waals surface area (Å²) in [6.45, 7) is 1.18. The molecule has 0 heterocycles. The highest BCUT2D eigenvalue weighted by atomic mass is 28.1. The molecule has 0 atom stereocenters. The molecule has 0 aromatic heterocycles. The Balaban J connectivity index is 2.93. The van der Waals surface area contributed by atoms with Crippen molar-refractivity contribution >= 4 is 10.2 Å². The molecule has 0 aliphatic rings. The number of hydrogen-bond acceptors (Lipinski definition) is 1. The Morgan fingerprint density at radius 2 is 2.12 bits per heavy atom. The van der Waals surface area contributed by atoms with Crippen LogP contribution in [-0.2, 0) is 0 Å². The monoisotopic (exact) mass is 129 g/mol. The molecule has 0 unspecified atom stereocenters. The summed E-state index contributed by atoms with van der Waals surface area (Å²) in [4.78, 5) is 2.20. The molecule has 0 N–H and O–H groups in total. The van der Waals surface area contributed by atoms with Crippen molar-refractivity contribution in [3.63, 3.8) is 0 Å². The molecule has 8 heavy (non-hydrogen) atoms. The second kappa shape index (κ2) is 5.06. The molecule has 0 amide bonds. The molecule has 0 aliphatic carbocycles. The van der Waals surface area contributed by atoms with Crippen LogP contribution in [0.3, 0.4) is 0 Å². The van der Waals surface area contributed by atoms with Gasteiger partial charge in [-0.1, -0.05) is 6.08 Å². The van der Waals surface area contributed by atoms with Gasteiger partial charge in [-0.25, -0.2) is 0 Å². The van der Waals surface area contributed by atoms with Crippen LogP contribution in [0.1, 0.15) is 6.42 Å². The van der Waals surface area contributed by atoms with Gasteiger partial charge in [0, 0.05) is 16.8 Å². The molecule has 2 heteroatoms. The first-order chi connectivity index (χ1) is 3.77. The molecule has 0 spiro atoms. The van der Waals surface area contributed by atoms with Crippen molar-refractivity contribution in [3.8, 4) is 0 Å². The average Bonchev–Trinajstić information content (AvgIpc) is 1.66. The van der Waals surface area contributed by atoms with Crippen LogP contribution in [0.25, 0.3) is 0 Å². The quantitative estimate of drug-likeness (QED) is 0.478. The molecule has 0 aliphatic heterocycles. The molecule has 0 bridgehead atoms. The third-order valence-electron chi connectivity index (χ3n) is 0.979. The van der Waals surface area contributed by atoms with E-state index in [0.717, 1.165) is 0 Å². The van der Waals surface area contributed by atoms with Crippen LogP contribution in [0.4, 0.5) is 0 Å². The summed E-state index contributed by atoms with van der Waals surface area (Å²) in [7, 11) is 5.40. The van der Waals surface area contributed by atoms with Gasteiger partial charge in [-0.2, -0.15) is 0 Å². The first-order valence-corrected chi connectivity index (χ1v) is 4.18. The van der Waals surface area contributed by atoms with Crippen molar-refractivity contribution < 1.29 is 0 Å². The predicted octanol–water partition coefficient (Wildman–Crippen LogP) is -0.183. The lowest BCUT2D eigenvalue weighted by atomic mass is 10.4. The molecule has 0 saturated heterocycles. The Bertz CT molecular complexity index is 68.9. The van der Waals surface area contributed by atoms with Crippen LogP contribution in [0, 0.1) is 0 Å². The van der Waals surface area contributed by atoms with E-state index < -0.39 is 0 Å². The molecule has 0 aromatic carbocycles. The van der Waals surface area contributed by atoms with Crippen molar-refractivity contribution in [1.82, 2.24) is 4.90 Å². The molecule has 0 saturated carbocycles. The molecule has 1 nitrogen and oxygen atoms in total. The highest BCUT2D eigenvalue weighted by Crippen LogP contribution is 1.82. The van der Waals surface area contributed by atoms with Crippen molar-refractivity contribution in [3.05, 3.63) is 11.8 Å². The SMILES string of the molecule is CN(C)CCC=C[SiH3]. The smallest absolute Gasteiger partial charge is 0.0287 e. The molecule has 0 fully saturated rings. The number of nitrogens with zero attached hydrogens (tertiary/aromatic N) is 1. The first kappa shape index (κ1) is 7.92. The minimum Gasteiger partial charge on any atom is -0.309 e. The molecule has 0 rings (SSSR count). The van der Waals surface area contributed by atoms with Gasteiger partial charge in [0.25, 0.3) is 0 Å².